The Morgan fingerprint density at radius 3 is 1.85 bits per heavy atom. The van der Waals surface area contributed by atoms with Gasteiger partial charge in [-0.2, -0.15) is 0 Å². The molecule has 74 valence electrons. The lowest BCUT2D eigenvalue weighted by Crippen LogP contribution is -2.35. The Kier molecular flexibility index (Phi) is 5.31. The maximum absolute atomic E-state index is 3.72. The van der Waals surface area contributed by atoms with Crippen LogP contribution < -0.4 is 0 Å². The van der Waals surface area contributed by atoms with Crippen molar-refractivity contribution in [2.45, 2.75) is 13.1 Å². The summed E-state index contributed by atoms with van der Waals surface area (Å²) in [4.78, 5) is 4.47. The van der Waals surface area contributed by atoms with Gasteiger partial charge in [0.15, 0.2) is 0 Å². The highest BCUT2D eigenvalue weighted by Gasteiger charge is 2.18. The lowest BCUT2D eigenvalue weighted by Gasteiger charge is -2.27. The number of nitrogens with zero attached hydrogens (tertiary/aromatic N) is 2. The third kappa shape index (κ3) is 2.81. The van der Waals surface area contributed by atoms with Crippen LogP contribution in [0.3, 0.4) is 0 Å². The summed E-state index contributed by atoms with van der Waals surface area (Å²) in [6.45, 7) is 11.4. The largest absolute Gasteiger partial charge is 0.353 e. The van der Waals surface area contributed by atoms with Crippen LogP contribution >= 0.6 is 12.4 Å². The van der Waals surface area contributed by atoms with E-state index in [4.69, 9.17) is 0 Å². The van der Waals surface area contributed by atoms with Gasteiger partial charge >= 0.3 is 0 Å². The molecule has 0 aromatic rings. The van der Waals surface area contributed by atoms with Crippen molar-refractivity contribution >= 4 is 12.4 Å². The van der Waals surface area contributed by atoms with Crippen LogP contribution in [0.25, 0.3) is 0 Å². The molecule has 3 heteroatoms. The fourth-order valence-electron chi connectivity index (χ4n) is 1.34. The predicted molar refractivity (Wildman–Crippen MR) is 59.7 cm³/mol. The Labute approximate surface area is 86.6 Å². The summed E-state index contributed by atoms with van der Waals surface area (Å²) in [7, 11) is 0. The van der Waals surface area contributed by atoms with E-state index in [0.29, 0.717) is 6.17 Å². The Bertz CT molecular complexity index is 181. The average molecular weight is 201 g/mol. The first-order chi connectivity index (χ1) is 5.79. The van der Waals surface area contributed by atoms with Gasteiger partial charge in [-0.3, -0.25) is 0 Å². The van der Waals surface area contributed by atoms with Crippen LogP contribution in [0.2, 0.25) is 0 Å². The molecule has 0 aromatic carbocycles. The summed E-state index contributed by atoms with van der Waals surface area (Å²) in [6, 6.07) is 0. The molecule has 0 aliphatic carbocycles. The molecule has 1 rings (SSSR count). The summed E-state index contributed by atoms with van der Waals surface area (Å²) in [5.41, 5.74) is 0. The first kappa shape index (κ1) is 12.1. The molecular formula is C10H17ClN2. The van der Waals surface area contributed by atoms with E-state index >= 15 is 0 Å². The quantitative estimate of drug-likeness (QED) is 0.643. The third-order valence-electron chi connectivity index (χ3n) is 2.09. The second-order valence-electron chi connectivity index (χ2n) is 2.90. The van der Waals surface area contributed by atoms with E-state index < -0.39 is 0 Å². The van der Waals surface area contributed by atoms with Crippen molar-refractivity contribution in [1.29, 1.82) is 0 Å². The lowest BCUT2D eigenvalue weighted by atomic mass is 10.4. The molecule has 2 nitrogen and oxygen atoms in total. The Hall–Kier alpha value is -0.890. The minimum Gasteiger partial charge on any atom is -0.353 e. The van der Waals surface area contributed by atoms with Gasteiger partial charge in [-0.25, -0.2) is 0 Å². The highest BCUT2D eigenvalue weighted by molar-refractivity contribution is 5.85. The smallest absolute Gasteiger partial charge is 0.0984 e. The summed E-state index contributed by atoms with van der Waals surface area (Å²) >= 11 is 0. The predicted octanol–water partition coefficient (Wildman–Crippen LogP) is 2.22. The molecule has 0 saturated carbocycles. The van der Waals surface area contributed by atoms with Crippen LogP contribution in [0.15, 0.2) is 37.7 Å². The second kappa shape index (κ2) is 5.70. The molecule has 0 aromatic heterocycles. The number of hydrogen-bond acceptors (Lipinski definition) is 2. The standard InChI is InChI=1S/C10H16N2.ClH/c1-4-6-11-8-9-12(7-5-2)10(11)3;/h4-5,8-10H,1-2,6-7H2,3H3;1H. The van der Waals surface area contributed by atoms with E-state index in [1.165, 1.54) is 0 Å². The molecule has 0 spiro atoms. The molecular weight excluding hydrogens is 184 g/mol. The van der Waals surface area contributed by atoms with Crippen LogP contribution in [-0.2, 0) is 0 Å². The molecule has 1 aliphatic heterocycles. The van der Waals surface area contributed by atoms with Crippen LogP contribution in [-0.4, -0.2) is 29.1 Å². The molecule has 1 heterocycles. The molecule has 0 N–H and O–H groups in total. The Morgan fingerprint density at radius 1 is 1.15 bits per heavy atom. The summed E-state index contributed by atoms with van der Waals surface area (Å²) in [5.74, 6) is 0. The zero-order chi connectivity index (χ0) is 8.97. The van der Waals surface area contributed by atoms with Gasteiger partial charge in [0, 0.05) is 25.5 Å². The second-order valence-corrected chi connectivity index (χ2v) is 2.90. The molecule has 13 heavy (non-hydrogen) atoms. The number of hydrogen-bond donors (Lipinski definition) is 0. The molecule has 0 fully saturated rings. The minimum absolute atomic E-state index is 0. The molecule has 0 saturated heterocycles. The fourth-order valence-corrected chi connectivity index (χ4v) is 1.34. The maximum atomic E-state index is 3.72. The van der Waals surface area contributed by atoms with Gasteiger partial charge in [0.05, 0.1) is 6.17 Å². The van der Waals surface area contributed by atoms with Gasteiger partial charge in [0.2, 0.25) is 0 Å². The number of halogens is 1. The van der Waals surface area contributed by atoms with E-state index in [0.717, 1.165) is 13.1 Å². The van der Waals surface area contributed by atoms with Gasteiger partial charge < -0.3 is 9.80 Å². The average Bonchev–Trinajstić information content (AvgIpc) is 2.38. The SMILES string of the molecule is C=CCN1C=CN(CC=C)C1C.Cl. The zero-order valence-corrected chi connectivity index (χ0v) is 8.83. The monoisotopic (exact) mass is 200 g/mol. The molecule has 0 amide bonds. The van der Waals surface area contributed by atoms with E-state index in [2.05, 4.69) is 42.3 Å². The lowest BCUT2D eigenvalue weighted by molar-refractivity contribution is 0.195. The van der Waals surface area contributed by atoms with Crippen LogP contribution in [0.4, 0.5) is 0 Å². The fraction of sp³-hybridized carbons (Fsp3) is 0.400. The van der Waals surface area contributed by atoms with Crippen molar-refractivity contribution in [2.24, 2.45) is 0 Å². The Morgan fingerprint density at radius 2 is 1.54 bits per heavy atom. The topological polar surface area (TPSA) is 6.48 Å². The summed E-state index contributed by atoms with van der Waals surface area (Å²) < 4.78 is 0. The van der Waals surface area contributed by atoms with Crippen LogP contribution in [0.1, 0.15) is 6.92 Å². The minimum atomic E-state index is 0. The van der Waals surface area contributed by atoms with Crippen LogP contribution in [0.5, 0.6) is 0 Å². The van der Waals surface area contributed by atoms with E-state index in [-0.39, 0.29) is 12.4 Å². The van der Waals surface area contributed by atoms with Crippen molar-refractivity contribution in [2.75, 3.05) is 13.1 Å². The van der Waals surface area contributed by atoms with Gasteiger partial charge in [-0.15, -0.1) is 25.6 Å². The highest BCUT2D eigenvalue weighted by atomic mass is 35.5. The molecule has 0 atom stereocenters. The maximum Gasteiger partial charge on any atom is 0.0984 e. The van der Waals surface area contributed by atoms with Crippen molar-refractivity contribution in [1.82, 2.24) is 9.80 Å². The molecule has 1 aliphatic rings. The van der Waals surface area contributed by atoms with Gasteiger partial charge in [0.25, 0.3) is 0 Å². The zero-order valence-electron chi connectivity index (χ0n) is 8.02. The summed E-state index contributed by atoms with van der Waals surface area (Å²) in [5, 5.41) is 0. The third-order valence-corrected chi connectivity index (χ3v) is 2.09. The van der Waals surface area contributed by atoms with Crippen molar-refractivity contribution in [3.63, 3.8) is 0 Å². The highest BCUT2D eigenvalue weighted by Crippen LogP contribution is 2.14. The number of rotatable bonds is 4. The normalized spacial score (nSPS) is 15.8. The molecule has 0 radical (unpaired) electrons. The van der Waals surface area contributed by atoms with E-state index in [1.807, 2.05) is 12.2 Å². The van der Waals surface area contributed by atoms with E-state index in [1.54, 1.807) is 0 Å². The summed E-state index contributed by atoms with van der Waals surface area (Å²) in [6.07, 6.45) is 8.45. The van der Waals surface area contributed by atoms with Crippen molar-refractivity contribution in [3.8, 4) is 0 Å². The van der Waals surface area contributed by atoms with E-state index in [9.17, 15) is 0 Å². The van der Waals surface area contributed by atoms with Gasteiger partial charge in [0.1, 0.15) is 0 Å². The van der Waals surface area contributed by atoms with Crippen molar-refractivity contribution in [3.05, 3.63) is 37.7 Å². The first-order valence-electron chi connectivity index (χ1n) is 4.21. The van der Waals surface area contributed by atoms with Gasteiger partial charge in [-0.1, -0.05) is 12.2 Å². The molecule has 0 unspecified atom stereocenters. The Balaban J connectivity index is 0.00000144. The first-order valence-corrected chi connectivity index (χ1v) is 4.21. The molecule has 0 bridgehead atoms. The van der Waals surface area contributed by atoms with Crippen LogP contribution in [0, 0.1) is 0 Å². The van der Waals surface area contributed by atoms with Crippen molar-refractivity contribution < 1.29 is 0 Å². The van der Waals surface area contributed by atoms with Gasteiger partial charge in [-0.05, 0) is 6.92 Å².